The predicted molar refractivity (Wildman–Crippen MR) is 124 cm³/mol. The van der Waals surface area contributed by atoms with Crippen LogP contribution < -0.4 is 5.32 Å². The van der Waals surface area contributed by atoms with Crippen LogP contribution in [-0.4, -0.2) is 51.9 Å². The number of carbonyl (C=O) groups excluding carboxylic acids is 2. The van der Waals surface area contributed by atoms with E-state index < -0.39 is 5.60 Å². The maximum absolute atomic E-state index is 12.6. The van der Waals surface area contributed by atoms with Crippen molar-refractivity contribution in [2.24, 2.45) is 5.92 Å². The Hall–Kier alpha value is -2.35. The molecule has 1 aromatic carbocycles. The van der Waals surface area contributed by atoms with E-state index in [0.717, 1.165) is 34.4 Å². The number of piperidine rings is 1. The molecule has 0 spiro atoms. The summed E-state index contributed by atoms with van der Waals surface area (Å²) < 4.78 is 8.32. The van der Waals surface area contributed by atoms with E-state index in [9.17, 15) is 9.59 Å². The molecular formula is C23H31BrN4O3. The first-order valence-corrected chi connectivity index (χ1v) is 11.4. The first-order chi connectivity index (χ1) is 14.5. The van der Waals surface area contributed by atoms with Crippen LogP contribution in [0.3, 0.4) is 0 Å². The van der Waals surface area contributed by atoms with Crippen molar-refractivity contribution in [2.45, 2.75) is 53.1 Å². The Balaban J connectivity index is 1.55. The Kier molecular flexibility index (Phi) is 7.09. The predicted octanol–water partition coefficient (Wildman–Crippen LogP) is 4.63. The number of benzene rings is 1. The zero-order chi connectivity index (χ0) is 22.8. The highest BCUT2D eigenvalue weighted by Gasteiger charge is 2.27. The van der Waals surface area contributed by atoms with E-state index in [2.05, 4.69) is 26.3 Å². The van der Waals surface area contributed by atoms with Gasteiger partial charge in [-0.15, -0.1) is 0 Å². The van der Waals surface area contributed by atoms with Gasteiger partial charge in [-0.1, -0.05) is 0 Å². The summed E-state index contributed by atoms with van der Waals surface area (Å²) in [6.07, 6.45) is 1.60. The summed E-state index contributed by atoms with van der Waals surface area (Å²) in [5, 5.41) is 7.53. The molecule has 1 aliphatic rings. The van der Waals surface area contributed by atoms with Crippen LogP contribution in [0.25, 0.3) is 5.69 Å². The minimum Gasteiger partial charge on any atom is -0.444 e. The summed E-state index contributed by atoms with van der Waals surface area (Å²) >= 11 is 3.54. The first kappa shape index (κ1) is 23.3. The van der Waals surface area contributed by atoms with Crippen LogP contribution in [0, 0.1) is 19.8 Å². The lowest BCUT2D eigenvalue weighted by Gasteiger charge is -2.34. The van der Waals surface area contributed by atoms with Gasteiger partial charge in [0.1, 0.15) is 5.60 Å². The zero-order valence-corrected chi connectivity index (χ0v) is 20.5. The minimum atomic E-state index is -0.506. The van der Waals surface area contributed by atoms with E-state index in [1.807, 2.05) is 63.6 Å². The summed E-state index contributed by atoms with van der Waals surface area (Å²) in [6, 6.07) is 7.41. The van der Waals surface area contributed by atoms with Crippen LogP contribution in [0.15, 0.2) is 28.7 Å². The molecule has 31 heavy (non-hydrogen) atoms. The van der Waals surface area contributed by atoms with Crippen molar-refractivity contribution in [3.05, 3.63) is 45.7 Å². The Morgan fingerprint density at radius 3 is 2.48 bits per heavy atom. The summed E-state index contributed by atoms with van der Waals surface area (Å²) in [7, 11) is 0. The first-order valence-electron chi connectivity index (χ1n) is 10.6. The number of hydrogen-bond donors (Lipinski definition) is 1. The smallest absolute Gasteiger partial charge is 0.410 e. The molecule has 0 radical (unpaired) electrons. The molecule has 1 atom stereocenters. The standard InChI is InChI=1S/C23H31BrN4O3/c1-15-20(24)16(2)28(26-15)19-10-8-18(9-11-19)21(29)25-13-17-7-6-12-27(14-17)22(30)31-23(3,4)5/h8-11,17H,6-7,12-14H2,1-5H3,(H,25,29). The quantitative estimate of drug-likeness (QED) is 0.677. The van der Waals surface area contributed by atoms with Crippen LogP contribution in [0.1, 0.15) is 55.4 Å². The molecule has 2 amide bonds. The molecule has 1 unspecified atom stereocenters. The highest BCUT2D eigenvalue weighted by Crippen LogP contribution is 2.23. The number of nitrogens with one attached hydrogen (secondary N) is 1. The van der Waals surface area contributed by atoms with Crippen molar-refractivity contribution in [1.82, 2.24) is 20.0 Å². The fraction of sp³-hybridized carbons (Fsp3) is 0.522. The second-order valence-electron chi connectivity index (χ2n) is 9.09. The van der Waals surface area contributed by atoms with Crippen molar-refractivity contribution in [1.29, 1.82) is 0 Å². The third kappa shape index (κ3) is 5.87. The van der Waals surface area contributed by atoms with Crippen molar-refractivity contribution >= 4 is 27.9 Å². The second kappa shape index (κ2) is 9.42. The molecular weight excluding hydrogens is 460 g/mol. The molecule has 2 heterocycles. The van der Waals surface area contributed by atoms with Gasteiger partial charge in [-0.25, -0.2) is 9.48 Å². The van der Waals surface area contributed by atoms with Crippen LogP contribution in [0.5, 0.6) is 0 Å². The molecule has 0 saturated carbocycles. The maximum Gasteiger partial charge on any atom is 0.410 e. The highest BCUT2D eigenvalue weighted by molar-refractivity contribution is 9.10. The molecule has 0 aliphatic carbocycles. The lowest BCUT2D eigenvalue weighted by Crippen LogP contribution is -2.45. The molecule has 0 bridgehead atoms. The molecule has 8 heteroatoms. The van der Waals surface area contributed by atoms with Gasteiger partial charge in [-0.3, -0.25) is 4.79 Å². The van der Waals surface area contributed by atoms with Gasteiger partial charge in [-0.05, 0) is 93.6 Å². The monoisotopic (exact) mass is 490 g/mol. The maximum atomic E-state index is 12.6. The van der Waals surface area contributed by atoms with Crippen LogP contribution >= 0.6 is 15.9 Å². The van der Waals surface area contributed by atoms with Crippen molar-refractivity contribution in [3.63, 3.8) is 0 Å². The van der Waals surface area contributed by atoms with Crippen LogP contribution in [0.4, 0.5) is 4.79 Å². The van der Waals surface area contributed by atoms with Crippen molar-refractivity contribution < 1.29 is 14.3 Å². The van der Waals surface area contributed by atoms with Gasteiger partial charge in [0.2, 0.25) is 0 Å². The molecule has 1 aromatic heterocycles. The number of amides is 2. The number of likely N-dealkylation sites (tertiary alicyclic amines) is 1. The van der Waals surface area contributed by atoms with Gasteiger partial charge < -0.3 is 15.0 Å². The summed E-state index contributed by atoms with van der Waals surface area (Å²) in [6.45, 7) is 11.4. The number of aromatic nitrogens is 2. The number of aryl methyl sites for hydroxylation is 1. The van der Waals surface area contributed by atoms with Crippen molar-refractivity contribution in [3.8, 4) is 5.69 Å². The fourth-order valence-corrected chi connectivity index (χ4v) is 3.94. The number of nitrogens with zero attached hydrogens (tertiary/aromatic N) is 3. The molecule has 1 N–H and O–H groups in total. The van der Waals surface area contributed by atoms with Gasteiger partial charge in [0.05, 0.1) is 21.5 Å². The highest BCUT2D eigenvalue weighted by atomic mass is 79.9. The minimum absolute atomic E-state index is 0.115. The lowest BCUT2D eigenvalue weighted by atomic mass is 9.98. The molecule has 2 aromatic rings. The van der Waals surface area contributed by atoms with Gasteiger partial charge in [-0.2, -0.15) is 5.10 Å². The third-order valence-electron chi connectivity index (χ3n) is 5.30. The second-order valence-corrected chi connectivity index (χ2v) is 9.88. The summed E-state index contributed by atoms with van der Waals surface area (Å²) in [5.41, 5.74) is 2.94. The van der Waals surface area contributed by atoms with E-state index in [1.54, 1.807) is 4.90 Å². The number of halogens is 1. The normalized spacial score (nSPS) is 16.8. The zero-order valence-electron chi connectivity index (χ0n) is 18.9. The molecule has 1 fully saturated rings. The molecule has 3 rings (SSSR count). The SMILES string of the molecule is Cc1nn(-c2ccc(C(=O)NCC3CCCN(C(=O)OC(C)(C)C)C3)cc2)c(C)c1Br. The molecule has 168 valence electrons. The van der Waals surface area contributed by atoms with E-state index in [0.29, 0.717) is 25.2 Å². The summed E-state index contributed by atoms with van der Waals surface area (Å²) in [5.74, 6) is 0.104. The van der Waals surface area contributed by atoms with Crippen LogP contribution in [-0.2, 0) is 4.74 Å². The Morgan fingerprint density at radius 1 is 1.23 bits per heavy atom. The van der Waals surface area contributed by atoms with Crippen LogP contribution in [0.2, 0.25) is 0 Å². The Labute approximate surface area is 192 Å². The molecule has 1 saturated heterocycles. The van der Waals surface area contributed by atoms with Gasteiger partial charge in [0.25, 0.3) is 5.91 Å². The number of hydrogen-bond acceptors (Lipinski definition) is 4. The lowest BCUT2D eigenvalue weighted by molar-refractivity contribution is 0.0167. The van der Waals surface area contributed by atoms with Gasteiger partial charge in [0.15, 0.2) is 0 Å². The number of ether oxygens (including phenoxy) is 1. The third-order valence-corrected chi connectivity index (χ3v) is 6.45. The average Bonchev–Trinajstić information content (AvgIpc) is 2.98. The topological polar surface area (TPSA) is 76.5 Å². The average molecular weight is 491 g/mol. The Morgan fingerprint density at radius 2 is 1.90 bits per heavy atom. The Bertz CT molecular complexity index is 947. The molecule has 7 nitrogen and oxygen atoms in total. The summed E-state index contributed by atoms with van der Waals surface area (Å²) in [4.78, 5) is 26.7. The van der Waals surface area contributed by atoms with E-state index in [1.165, 1.54) is 0 Å². The molecule has 1 aliphatic heterocycles. The van der Waals surface area contributed by atoms with Crippen molar-refractivity contribution in [2.75, 3.05) is 19.6 Å². The number of carbonyl (C=O) groups is 2. The van der Waals surface area contributed by atoms with E-state index in [-0.39, 0.29) is 17.9 Å². The fourth-order valence-electron chi connectivity index (χ4n) is 3.69. The number of rotatable bonds is 4. The van der Waals surface area contributed by atoms with Gasteiger partial charge >= 0.3 is 6.09 Å². The van der Waals surface area contributed by atoms with E-state index >= 15 is 0 Å². The van der Waals surface area contributed by atoms with E-state index in [4.69, 9.17) is 4.74 Å². The van der Waals surface area contributed by atoms with Gasteiger partial charge in [0, 0.05) is 25.2 Å². The largest absolute Gasteiger partial charge is 0.444 e.